The van der Waals surface area contributed by atoms with Gasteiger partial charge in [0.05, 0.1) is 18.7 Å². The van der Waals surface area contributed by atoms with E-state index >= 15 is 0 Å². The first-order chi connectivity index (χ1) is 13.3. The fraction of sp³-hybridized carbons (Fsp3) is 0.238. The van der Waals surface area contributed by atoms with Crippen molar-refractivity contribution in [1.29, 1.82) is 0 Å². The summed E-state index contributed by atoms with van der Waals surface area (Å²) >= 11 is 5.29. The zero-order valence-corrected chi connectivity index (χ0v) is 17.0. The van der Waals surface area contributed by atoms with E-state index in [2.05, 4.69) is 16.0 Å². The molecule has 0 aliphatic carbocycles. The first-order valence-electron chi connectivity index (χ1n) is 8.84. The molecule has 0 saturated heterocycles. The molecule has 3 rings (SSSR count). The van der Waals surface area contributed by atoms with Gasteiger partial charge in [-0.05, 0) is 67.9 Å². The predicted molar refractivity (Wildman–Crippen MR) is 114 cm³/mol. The summed E-state index contributed by atoms with van der Waals surface area (Å²) in [6.07, 6.45) is 0. The molecule has 0 bridgehead atoms. The highest BCUT2D eigenvalue weighted by molar-refractivity contribution is 7.80. The highest BCUT2D eigenvalue weighted by Gasteiger charge is 2.30. The third kappa shape index (κ3) is 3.94. The molecule has 0 aromatic heterocycles. The number of benzene rings is 2. The maximum atomic E-state index is 13.2. The van der Waals surface area contributed by atoms with E-state index in [0.717, 1.165) is 22.4 Å². The van der Waals surface area contributed by atoms with Crippen LogP contribution in [0.25, 0.3) is 0 Å². The first-order valence-corrected chi connectivity index (χ1v) is 9.24. The number of hydrogen-bond acceptors (Lipinski definition) is 4. The van der Waals surface area contributed by atoms with Gasteiger partial charge in [0.15, 0.2) is 16.6 Å². The van der Waals surface area contributed by atoms with E-state index in [1.807, 2.05) is 39.0 Å². The summed E-state index contributed by atoms with van der Waals surface area (Å²) in [7, 11) is 1.48. The Balaban J connectivity index is 2.00. The number of allylic oxidation sites excluding steroid dienone is 1. The Morgan fingerprint density at radius 3 is 2.64 bits per heavy atom. The number of phenols is 1. The van der Waals surface area contributed by atoms with Crippen LogP contribution in [-0.4, -0.2) is 23.2 Å². The van der Waals surface area contributed by atoms with Crippen LogP contribution in [0.3, 0.4) is 0 Å². The standard InChI is InChI=1S/C21H23N3O3S/c1-11-5-6-12(2)15(9-11)23-20(26)18-13(3)22-21(28)24-19(18)14-7-8-16(25)17(10-14)27-4/h5-10,19,25H,1-4H3,(H,23,26)(H2,22,24,28)/t19-/m1/s1. The van der Waals surface area contributed by atoms with Crippen molar-refractivity contribution in [3.05, 3.63) is 64.4 Å². The molecule has 4 N–H and O–H groups in total. The van der Waals surface area contributed by atoms with Crippen LogP contribution in [0.15, 0.2) is 47.7 Å². The largest absolute Gasteiger partial charge is 0.504 e. The smallest absolute Gasteiger partial charge is 0.255 e. The SMILES string of the molecule is COc1cc([C@H]2NC(=S)NC(C)=C2C(=O)Nc2cc(C)ccc2C)ccc1O. The van der Waals surface area contributed by atoms with Crippen molar-refractivity contribution >= 4 is 28.9 Å². The van der Waals surface area contributed by atoms with Gasteiger partial charge in [0.2, 0.25) is 0 Å². The monoisotopic (exact) mass is 397 g/mol. The molecule has 146 valence electrons. The van der Waals surface area contributed by atoms with Crippen molar-refractivity contribution in [3.63, 3.8) is 0 Å². The Morgan fingerprint density at radius 1 is 1.18 bits per heavy atom. The van der Waals surface area contributed by atoms with Gasteiger partial charge in [-0.2, -0.15) is 0 Å². The summed E-state index contributed by atoms with van der Waals surface area (Å²) in [6.45, 7) is 5.74. The summed E-state index contributed by atoms with van der Waals surface area (Å²) < 4.78 is 5.21. The lowest BCUT2D eigenvalue weighted by atomic mass is 9.94. The number of rotatable bonds is 4. The van der Waals surface area contributed by atoms with Crippen LogP contribution in [0, 0.1) is 13.8 Å². The minimum absolute atomic E-state index is 0.0323. The number of aryl methyl sites for hydroxylation is 2. The zero-order chi connectivity index (χ0) is 20.4. The summed E-state index contributed by atoms with van der Waals surface area (Å²) in [6, 6.07) is 10.4. The number of hydrogen-bond donors (Lipinski definition) is 4. The Kier molecular flexibility index (Phi) is 5.56. The molecule has 1 atom stereocenters. The zero-order valence-electron chi connectivity index (χ0n) is 16.2. The second-order valence-electron chi connectivity index (χ2n) is 6.77. The number of aromatic hydroxyl groups is 1. The molecular formula is C21H23N3O3S. The maximum absolute atomic E-state index is 13.2. The van der Waals surface area contributed by atoms with E-state index in [0.29, 0.717) is 22.1 Å². The lowest BCUT2D eigenvalue weighted by molar-refractivity contribution is -0.113. The Morgan fingerprint density at radius 2 is 1.93 bits per heavy atom. The molecule has 0 fully saturated rings. The Labute approximate surface area is 169 Å². The predicted octanol–water partition coefficient (Wildman–Crippen LogP) is 3.45. The van der Waals surface area contributed by atoms with E-state index in [9.17, 15) is 9.90 Å². The Bertz CT molecular complexity index is 985. The second kappa shape index (κ2) is 7.90. The summed E-state index contributed by atoms with van der Waals surface area (Å²) in [5.41, 5.74) is 4.75. The highest BCUT2D eigenvalue weighted by Crippen LogP contribution is 2.34. The number of methoxy groups -OCH3 is 1. The van der Waals surface area contributed by atoms with Gasteiger partial charge in [-0.15, -0.1) is 0 Å². The molecule has 0 saturated carbocycles. The normalized spacial score (nSPS) is 16.3. The van der Waals surface area contributed by atoms with Gasteiger partial charge in [-0.25, -0.2) is 0 Å². The topological polar surface area (TPSA) is 82.6 Å². The van der Waals surface area contributed by atoms with Crippen LogP contribution >= 0.6 is 12.2 Å². The van der Waals surface area contributed by atoms with Gasteiger partial charge in [0.1, 0.15) is 0 Å². The lowest BCUT2D eigenvalue weighted by Gasteiger charge is -2.30. The van der Waals surface area contributed by atoms with E-state index in [1.54, 1.807) is 12.1 Å². The molecule has 0 spiro atoms. The number of thiocarbonyl (C=S) groups is 1. The molecule has 1 aliphatic heterocycles. The number of nitrogens with one attached hydrogen (secondary N) is 3. The average molecular weight is 398 g/mol. The Hall–Kier alpha value is -3.06. The molecule has 1 aliphatic rings. The van der Waals surface area contributed by atoms with Gasteiger partial charge in [0.25, 0.3) is 5.91 Å². The van der Waals surface area contributed by atoms with Crippen LogP contribution in [0.4, 0.5) is 5.69 Å². The molecule has 2 aromatic carbocycles. The molecule has 1 amide bonds. The van der Waals surface area contributed by atoms with Crippen molar-refractivity contribution in [2.45, 2.75) is 26.8 Å². The van der Waals surface area contributed by atoms with E-state index < -0.39 is 6.04 Å². The molecule has 2 aromatic rings. The van der Waals surface area contributed by atoms with Crippen molar-refractivity contribution in [1.82, 2.24) is 10.6 Å². The molecule has 0 unspecified atom stereocenters. The van der Waals surface area contributed by atoms with E-state index in [-0.39, 0.29) is 11.7 Å². The number of carbonyl (C=O) groups is 1. The van der Waals surface area contributed by atoms with Crippen molar-refractivity contribution < 1.29 is 14.6 Å². The van der Waals surface area contributed by atoms with Crippen LogP contribution in [0.1, 0.15) is 29.7 Å². The van der Waals surface area contributed by atoms with Gasteiger partial charge in [-0.1, -0.05) is 18.2 Å². The summed E-state index contributed by atoms with van der Waals surface area (Å²) in [5.74, 6) is 0.131. The average Bonchev–Trinajstić information content (AvgIpc) is 2.64. The third-order valence-corrected chi connectivity index (χ3v) is 4.91. The van der Waals surface area contributed by atoms with Crippen molar-refractivity contribution in [2.75, 3.05) is 12.4 Å². The molecule has 7 heteroatoms. The molecule has 6 nitrogen and oxygen atoms in total. The summed E-state index contributed by atoms with van der Waals surface area (Å²) in [5, 5.41) is 19.5. The number of phenolic OH excluding ortho intramolecular Hbond substituents is 1. The lowest BCUT2D eigenvalue weighted by Crippen LogP contribution is -2.45. The third-order valence-electron chi connectivity index (χ3n) is 4.69. The van der Waals surface area contributed by atoms with Crippen LogP contribution < -0.4 is 20.7 Å². The fourth-order valence-electron chi connectivity index (χ4n) is 3.18. The molecule has 1 heterocycles. The van der Waals surface area contributed by atoms with Crippen molar-refractivity contribution in [3.8, 4) is 11.5 Å². The van der Waals surface area contributed by atoms with Crippen molar-refractivity contribution in [2.24, 2.45) is 0 Å². The van der Waals surface area contributed by atoms with Gasteiger partial charge in [-0.3, -0.25) is 4.79 Å². The van der Waals surface area contributed by atoms with Gasteiger partial charge in [0, 0.05) is 11.4 Å². The van der Waals surface area contributed by atoms with Crippen LogP contribution in [0.2, 0.25) is 0 Å². The number of ether oxygens (including phenoxy) is 1. The summed E-state index contributed by atoms with van der Waals surface area (Å²) in [4.78, 5) is 13.2. The quantitative estimate of drug-likeness (QED) is 0.592. The molecule has 28 heavy (non-hydrogen) atoms. The van der Waals surface area contributed by atoms with Gasteiger partial charge >= 0.3 is 0 Å². The van der Waals surface area contributed by atoms with E-state index in [1.165, 1.54) is 13.2 Å². The fourth-order valence-corrected chi connectivity index (χ4v) is 3.45. The number of carbonyl (C=O) groups excluding carboxylic acids is 1. The van der Waals surface area contributed by atoms with E-state index in [4.69, 9.17) is 17.0 Å². The second-order valence-corrected chi connectivity index (χ2v) is 7.18. The van der Waals surface area contributed by atoms with Crippen LogP contribution in [0.5, 0.6) is 11.5 Å². The first kappa shape index (κ1) is 19.7. The molecule has 0 radical (unpaired) electrons. The minimum Gasteiger partial charge on any atom is -0.504 e. The van der Waals surface area contributed by atoms with Crippen LogP contribution in [-0.2, 0) is 4.79 Å². The number of anilines is 1. The number of amides is 1. The van der Waals surface area contributed by atoms with Gasteiger partial charge < -0.3 is 25.8 Å². The molecular weight excluding hydrogens is 374 g/mol. The highest BCUT2D eigenvalue weighted by atomic mass is 32.1. The maximum Gasteiger partial charge on any atom is 0.255 e. The minimum atomic E-state index is -0.478.